The van der Waals surface area contributed by atoms with Gasteiger partial charge in [0, 0.05) is 6.04 Å². The minimum absolute atomic E-state index is 0.0289. The summed E-state index contributed by atoms with van der Waals surface area (Å²) >= 11 is 0. The first-order chi connectivity index (χ1) is 9.19. The monoisotopic (exact) mass is 257 g/mol. The van der Waals surface area contributed by atoms with Crippen LogP contribution in [0, 0.1) is 6.92 Å². The van der Waals surface area contributed by atoms with Crippen molar-refractivity contribution in [3.05, 3.63) is 59.7 Å². The van der Waals surface area contributed by atoms with Gasteiger partial charge in [-0.15, -0.1) is 0 Å². The molecule has 2 aromatic rings. The summed E-state index contributed by atoms with van der Waals surface area (Å²) in [7, 11) is 0. The second-order valence-electron chi connectivity index (χ2n) is 4.67. The predicted octanol–water partition coefficient (Wildman–Crippen LogP) is 2.65. The van der Waals surface area contributed by atoms with E-state index in [-0.39, 0.29) is 12.6 Å². The van der Waals surface area contributed by atoms with Gasteiger partial charge in [0.2, 0.25) is 0 Å². The van der Waals surface area contributed by atoms with Gasteiger partial charge in [0.05, 0.1) is 6.61 Å². The van der Waals surface area contributed by atoms with Gasteiger partial charge in [-0.2, -0.15) is 0 Å². The van der Waals surface area contributed by atoms with Crippen LogP contribution in [0.2, 0.25) is 0 Å². The van der Waals surface area contributed by atoms with Crippen molar-refractivity contribution in [3.63, 3.8) is 0 Å². The molecule has 0 aromatic heterocycles. The van der Waals surface area contributed by atoms with Gasteiger partial charge in [-0.3, -0.25) is 0 Å². The molecule has 100 valence electrons. The summed E-state index contributed by atoms with van der Waals surface area (Å²) in [6.07, 6.45) is 0.596. The maximum Gasteiger partial charge on any atom is 0.130 e. The van der Waals surface area contributed by atoms with Crippen LogP contribution in [0.5, 0.6) is 11.5 Å². The topological polar surface area (TPSA) is 55.5 Å². The Labute approximate surface area is 113 Å². The third-order valence-corrected chi connectivity index (χ3v) is 2.94. The molecule has 0 saturated carbocycles. The van der Waals surface area contributed by atoms with Gasteiger partial charge in [-0.1, -0.05) is 35.9 Å². The molecule has 19 heavy (non-hydrogen) atoms. The van der Waals surface area contributed by atoms with Crippen molar-refractivity contribution in [2.45, 2.75) is 19.4 Å². The molecule has 2 aromatic carbocycles. The van der Waals surface area contributed by atoms with Crippen LogP contribution in [0.15, 0.2) is 48.5 Å². The number of aliphatic hydroxyl groups excluding tert-OH is 1. The Morgan fingerprint density at radius 2 is 1.79 bits per heavy atom. The highest BCUT2D eigenvalue weighted by molar-refractivity contribution is 5.38. The van der Waals surface area contributed by atoms with Crippen LogP contribution in [-0.4, -0.2) is 17.8 Å². The number of nitrogens with two attached hydrogens (primary N) is 1. The molecule has 0 aliphatic heterocycles. The molecule has 0 aliphatic rings. The summed E-state index contributed by atoms with van der Waals surface area (Å²) in [6, 6.07) is 15.4. The molecule has 3 heteroatoms. The van der Waals surface area contributed by atoms with Crippen LogP contribution in [0.3, 0.4) is 0 Å². The Morgan fingerprint density at radius 3 is 2.47 bits per heavy atom. The van der Waals surface area contributed by atoms with Gasteiger partial charge in [0.1, 0.15) is 11.5 Å². The van der Waals surface area contributed by atoms with E-state index in [1.54, 1.807) is 0 Å². The molecular weight excluding hydrogens is 238 g/mol. The van der Waals surface area contributed by atoms with Crippen LogP contribution in [-0.2, 0) is 6.42 Å². The van der Waals surface area contributed by atoms with Crippen LogP contribution in [0.25, 0.3) is 0 Å². The minimum Gasteiger partial charge on any atom is -0.457 e. The summed E-state index contributed by atoms with van der Waals surface area (Å²) in [5, 5.41) is 9.04. The Kier molecular flexibility index (Phi) is 4.55. The minimum atomic E-state index is -0.261. The number of hydrogen-bond acceptors (Lipinski definition) is 3. The van der Waals surface area contributed by atoms with Crippen molar-refractivity contribution in [2.75, 3.05) is 6.61 Å². The van der Waals surface area contributed by atoms with E-state index < -0.39 is 0 Å². The van der Waals surface area contributed by atoms with E-state index in [1.807, 2.05) is 55.5 Å². The number of rotatable bonds is 5. The molecule has 1 atom stereocenters. The van der Waals surface area contributed by atoms with Crippen molar-refractivity contribution < 1.29 is 9.84 Å². The van der Waals surface area contributed by atoms with E-state index in [9.17, 15) is 0 Å². The maximum absolute atomic E-state index is 9.04. The lowest BCUT2D eigenvalue weighted by Gasteiger charge is -2.13. The van der Waals surface area contributed by atoms with E-state index in [4.69, 9.17) is 15.6 Å². The first-order valence-electron chi connectivity index (χ1n) is 6.38. The number of ether oxygens (including phenoxy) is 1. The SMILES string of the molecule is Cc1ccc(Oc2ccccc2CC(N)CO)cc1. The summed E-state index contributed by atoms with van der Waals surface area (Å²) < 4.78 is 5.87. The standard InChI is InChI=1S/C16H19NO2/c1-12-6-8-15(9-7-12)19-16-5-3-2-4-13(16)10-14(17)11-18/h2-9,14,18H,10-11,17H2,1H3. The Morgan fingerprint density at radius 1 is 1.11 bits per heavy atom. The molecule has 0 heterocycles. The lowest BCUT2D eigenvalue weighted by Crippen LogP contribution is -2.26. The molecule has 3 nitrogen and oxygen atoms in total. The van der Waals surface area contributed by atoms with E-state index in [2.05, 4.69) is 0 Å². The average molecular weight is 257 g/mol. The molecular formula is C16H19NO2. The number of aryl methyl sites for hydroxylation is 1. The van der Waals surface area contributed by atoms with Crippen LogP contribution in [0.4, 0.5) is 0 Å². The third-order valence-electron chi connectivity index (χ3n) is 2.94. The van der Waals surface area contributed by atoms with Crippen molar-refractivity contribution in [1.29, 1.82) is 0 Å². The fourth-order valence-corrected chi connectivity index (χ4v) is 1.85. The second kappa shape index (κ2) is 6.36. The van der Waals surface area contributed by atoms with E-state index >= 15 is 0 Å². The van der Waals surface area contributed by atoms with Gasteiger partial charge in [0.15, 0.2) is 0 Å². The van der Waals surface area contributed by atoms with Crippen molar-refractivity contribution in [1.82, 2.24) is 0 Å². The van der Waals surface area contributed by atoms with Crippen molar-refractivity contribution >= 4 is 0 Å². The molecule has 0 bridgehead atoms. The van der Waals surface area contributed by atoms with Crippen molar-refractivity contribution in [2.24, 2.45) is 5.73 Å². The highest BCUT2D eigenvalue weighted by Gasteiger charge is 2.08. The van der Waals surface area contributed by atoms with Gasteiger partial charge in [-0.05, 0) is 37.1 Å². The van der Waals surface area contributed by atoms with E-state index in [0.717, 1.165) is 17.1 Å². The van der Waals surface area contributed by atoms with Gasteiger partial charge >= 0.3 is 0 Å². The van der Waals surface area contributed by atoms with Crippen LogP contribution < -0.4 is 10.5 Å². The smallest absolute Gasteiger partial charge is 0.130 e. The normalized spacial score (nSPS) is 12.2. The zero-order valence-corrected chi connectivity index (χ0v) is 11.0. The van der Waals surface area contributed by atoms with Crippen molar-refractivity contribution in [3.8, 4) is 11.5 Å². The van der Waals surface area contributed by atoms with Crippen LogP contribution >= 0.6 is 0 Å². The molecule has 2 rings (SSSR count). The summed E-state index contributed by atoms with van der Waals surface area (Å²) in [6.45, 7) is 2.01. The molecule has 0 spiro atoms. The highest BCUT2D eigenvalue weighted by Crippen LogP contribution is 2.26. The molecule has 1 unspecified atom stereocenters. The Balaban J connectivity index is 2.17. The predicted molar refractivity (Wildman–Crippen MR) is 76.5 cm³/mol. The quantitative estimate of drug-likeness (QED) is 0.865. The maximum atomic E-state index is 9.04. The lowest BCUT2D eigenvalue weighted by molar-refractivity contribution is 0.264. The fourth-order valence-electron chi connectivity index (χ4n) is 1.85. The highest BCUT2D eigenvalue weighted by atomic mass is 16.5. The molecule has 3 N–H and O–H groups in total. The molecule has 0 saturated heterocycles. The second-order valence-corrected chi connectivity index (χ2v) is 4.67. The zero-order valence-electron chi connectivity index (χ0n) is 11.0. The number of hydrogen-bond donors (Lipinski definition) is 2. The number of benzene rings is 2. The summed E-state index contributed by atoms with van der Waals surface area (Å²) in [5.41, 5.74) is 7.98. The van der Waals surface area contributed by atoms with Gasteiger partial charge in [0.25, 0.3) is 0 Å². The molecule has 0 radical (unpaired) electrons. The Bertz CT molecular complexity index is 523. The summed E-state index contributed by atoms with van der Waals surface area (Å²) in [4.78, 5) is 0. The Hall–Kier alpha value is -1.84. The largest absolute Gasteiger partial charge is 0.457 e. The van der Waals surface area contributed by atoms with Crippen LogP contribution in [0.1, 0.15) is 11.1 Å². The van der Waals surface area contributed by atoms with E-state index in [0.29, 0.717) is 6.42 Å². The fraction of sp³-hybridized carbons (Fsp3) is 0.250. The lowest BCUT2D eigenvalue weighted by atomic mass is 10.1. The van der Waals surface area contributed by atoms with E-state index in [1.165, 1.54) is 5.56 Å². The number of aliphatic hydroxyl groups is 1. The first kappa shape index (κ1) is 13.6. The van der Waals surface area contributed by atoms with Gasteiger partial charge in [-0.25, -0.2) is 0 Å². The molecule has 0 fully saturated rings. The van der Waals surface area contributed by atoms with Gasteiger partial charge < -0.3 is 15.6 Å². The average Bonchev–Trinajstić information content (AvgIpc) is 2.43. The number of para-hydroxylation sites is 1. The zero-order chi connectivity index (χ0) is 13.7. The first-order valence-corrected chi connectivity index (χ1v) is 6.38. The molecule has 0 amide bonds. The third kappa shape index (κ3) is 3.81. The molecule has 0 aliphatic carbocycles. The summed E-state index contributed by atoms with van der Waals surface area (Å²) in [5.74, 6) is 1.59.